The number of nitriles is 2. The van der Waals surface area contributed by atoms with Crippen LogP contribution in [0.1, 0.15) is 17.5 Å². The van der Waals surface area contributed by atoms with E-state index >= 15 is 0 Å². The van der Waals surface area contributed by atoms with Crippen LogP contribution in [0.25, 0.3) is 0 Å². The molecule has 0 aliphatic carbocycles. The van der Waals surface area contributed by atoms with Gasteiger partial charge in [-0.25, -0.2) is 0 Å². The van der Waals surface area contributed by atoms with E-state index in [1.165, 1.54) is 19.2 Å². The molecule has 19 heavy (non-hydrogen) atoms. The van der Waals surface area contributed by atoms with E-state index in [4.69, 9.17) is 21.0 Å². The van der Waals surface area contributed by atoms with Crippen molar-refractivity contribution in [3.05, 3.63) is 29.3 Å². The first-order valence-electron chi connectivity index (χ1n) is 5.62. The van der Waals surface area contributed by atoms with Crippen molar-refractivity contribution in [1.29, 1.82) is 10.5 Å². The molecule has 0 spiro atoms. The summed E-state index contributed by atoms with van der Waals surface area (Å²) in [6, 6.07) is 7.60. The summed E-state index contributed by atoms with van der Waals surface area (Å²) in [6.45, 7) is 0.394. The first kappa shape index (κ1) is 14.7. The number of anilines is 1. The molecule has 0 radical (unpaired) electrons. The van der Waals surface area contributed by atoms with Crippen molar-refractivity contribution >= 4 is 11.6 Å². The Morgan fingerprint density at radius 1 is 1.42 bits per heavy atom. The molecule has 6 nitrogen and oxygen atoms in total. The minimum atomic E-state index is -0.680. The molecule has 98 valence electrons. The van der Waals surface area contributed by atoms with Gasteiger partial charge in [-0.05, 0) is 24.6 Å². The molecule has 3 N–H and O–H groups in total. The third-order valence-electron chi connectivity index (χ3n) is 2.50. The van der Waals surface area contributed by atoms with Crippen LogP contribution in [0.5, 0.6) is 0 Å². The molecule has 1 rings (SSSR count). The summed E-state index contributed by atoms with van der Waals surface area (Å²) < 4.78 is 4.84. The van der Waals surface area contributed by atoms with E-state index in [0.717, 1.165) is 0 Å². The summed E-state index contributed by atoms with van der Waals surface area (Å²) in [5, 5.41) is 20.3. The van der Waals surface area contributed by atoms with Crippen LogP contribution < -0.4 is 11.1 Å². The molecule has 0 aliphatic heterocycles. The smallest absolute Gasteiger partial charge is 0.241 e. The van der Waals surface area contributed by atoms with Gasteiger partial charge >= 0.3 is 0 Å². The lowest BCUT2D eigenvalue weighted by molar-refractivity contribution is -0.117. The fourth-order valence-electron chi connectivity index (χ4n) is 1.42. The zero-order chi connectivity index (χ0) is 14.3. The molecule has 1 atom stereocenters. The molecule has 0 bridgehead atoms. The van der Waals surface area contributed by atoms with Gasteiger partial charge in [0.25, 0.3) is 0 Å². The Morgan fingerprint density at radius 3 is 2.68 bits per heavy atom. The highest BCUT2D eigenvalue weighted by atomic mass is 16.5. The van der Waals surface area contributed by atoms with E-state index in [1.54, 1.807) is 6.07 Å². The zero-order valence-electron chi connectivity index (χ0n) is 10.5. The maximum absolute atomic E-state index is 11.7. The average molecular weight is 258 g/mol. The first-order chi connectivity index (χ1) is 9.12. The van der Waals surface area contributed by atoms with Crippen LogP contribution in [-0.2, 0) is 9.53 Å². The number of nitrogens with zero attached hydrogens (tertiary/aromatic N) is 2. The second-order valence-electron chi connectivity index (χ2n) is 3.86. The van der Waals surface area contributed by atoms with E-state index in [1.807, 2.05) is 12.1 Å². The van der Waals surface area contributed by atoms with Crippen LogP contribution >= 0.6 is 0 Å². The number of carbonyl (C=O) groups is 1. The highest BCUT2D eigenvalue weighted by molar-refractivity contribution is 5.94. The molecule has 0 aromatic heterocycles. The van der Waals surface area contributed by atoms with Crippen LogP contribution in [-0.4, -0.2) is 25.7 Å². The topological polar surface area (TPSA) is 112 Å². The lowest BCUT2D eigenvalue weighted by atomic mass is 10.1. The third-order valence-corrected chi connectivity index (χ3v) is 2.50. The van der Waals surface area contributed by atoms with Gasteiger partial charge < -0.3 is 15.8 Å². The molecule has 1 amide bonds. The van der Waals surface area contributed by atoms with Gasteiger partial charge in [0.1, 0.15) is 12.1 Å². The summed E-state index contributed by atoms with van der Waals surface area (Å²) in [4.78, 5) is 11.7. The number of nitrogens with two attached hydrogens (primary N) is 1. The second-order valence-corrected chi connectivity index (χ2v) is 3.86. The highest BCUT2D eigenvalue weighted by Crippen LogP contribution is 2.14. The van der Waals surface area contributed by atoms with Crippen LogP contribution in [0.3, 0.4) is 0 Å². The number of benzene rings is 1. The number of hydrogen-bond acceptors (Lipinski definition) is 5. The predicted molar refractivity (Wildman–Crippen MR) is 69.0 cm³/mol. The minimum absolute atomic E-state index is 0.214. The molecule has 0 aliphatic rings. The number of ether oxygens (including phenoxy) is 1. The third kappa shape index (κ3) is 4.07. The van der Waals surface area contributed by atoms with Crippen molar-refractivity contribution in [3.8, 4) is 12.1 Å². The molecular formula is C13H14N4O2. The summed E-state index contributed by atoms with van der Waals surface area (Å²) in [7, 11) is 1.53. The Bertz CT molecular complexity index is 543. The van der Waals surface area contributed by atoms with E-state index < -0.39 is 6.04 Å². The Kier molecular flexibility index (Phi) is 5.49. The Balaban J connectivity index is 2.76. The van der Waals surface area contributed by atoms with E-state index in [0.29, 0.717) is 18.7 Å². The number of nitrogens with one attached hydrogen (secondary N) is 1. The van der Waals surface area contributed by atoms with Gasteiger partial charge in [0, 0.05) is 19.4 Å². The Labute approximate surface area is 111 Å². The summed E-state index contributed by atoms with van der Waals surface area (Å²) in [5.41, 5.74) is 6.59. The Morgan fingerprint density at radius 2 is 2.11 bits per heavy atom. The van der Waals surface area contributed by atoms with Gasteiger partial charge in [0.05, 0.1) is 17.2 Å². The number of hydrogen-bond donors (Lipinski definition) is 2. The molecular weight excluding hydrogens is 244 g/mol. The number of methoxy groups -OCH3 is 1. The van der Waals surface area contributed by atoms with Crippen molar-refractivity contribution in [1.82, 2.24) is 0 Å². The van der Waals surface area contributed by atoms with Crippen molar-refractivity contribution in [2.75, 3.05) is 19.0 Å². The normalized spacial score (nSPS) is 11.2. The fourth-order valence-corrected chi connectivity index (χ4v) is 1.42. The lowest BCUT2D eigenvalue weighted by Gasteiger charge is -2.12. The van der Waals surface area contributed by atoms with E-state index in [-0.39, 0.29) is 17.0 Å². The quantitative estimate of drug-likeness (QED) is 0.808. The van der Waals surface area contributed by atoms with Crippen molar-refractivity contribution in [3.63, 3.8) is 0 Å². The van der Waals surface area contributed by atoms with Gasteiger partial charge in [0.15, 0.2) is 0 Å². The van der Waals surface area contributed by atoms with E-state index in [9.17, 15) is 4.79 Å². The zero-order valence-corrected chi connectivity index (χ0v) is 10.5. The fraction of sp³-hybridized carbons (Fsp3) is 0.308. The molecule has 1 unspecified atom stereocenters. The summed E-state index contributed by atoms with van der Waals surface area (Å²) >= 11 is 0. The highest BCUT2D eigenvalue weighted by Gasteiger charge is 2.13. The SMILES string of the molecule is COCCC(N)C(=O)Nc1ccc(C#N)c(C#N)c1. The first-order valence-corrected chi connectivity index (χ1v) is 5.62. The monoisotopic (exact) mass is 258 g/mol. The summed E-state index contributed by atoms with van der Waals surface area (Å²) in [5.74, 6) is -0.356. The van der Waals surface area contributed by atoms with Gasteiger partial charge in [-0.2, -0.15) is 10.5 Å². The second kappa shape index (κ2) is 7.12. The summed E-state index contributed by atoms with van der Waals surface area (Å²) in [6.07, 6.45) is 0.406. The largest absolute Gasteiger partial charge is 0.385 e. The lowest BCUT2D eigenvalue weighted by Crippen LogP contribution is -2.36. The molecule has 0 saturated carbocycles. The number of rotatable bonds is 5. The average Bonchev–Trinajstić information content (AvgIpc) is 2.44. The molecule has 6 heteroatoms. The van der Waals surface area contributed by atoms with Gasteiger partial charge in [0.2, 0.25) is 5.91 Å². The molecule has 0 fully saturated rings. The van der Waals surface area contributed by atoms with Crippen molar-refractivity contribution in [2.45, 2.75) is 12.5 Å². The maximum Gasteiger partial charge on any atom is 0.241 e. The van der Waals surface area contributed by atoms with E-state index in [2.05, 4.69) is 5.32 Å². The van der Waals surface area contributed by atoms with Crippen molar-refractivity contribution in [2.24, 2.45) is 5.73 Å². The minimum Gasteiger partial charge on any atom is -0.385 e. The number of carbonyl (C=O) groups excluding carboxylic acids is 1. The molecule has 1 aromatic rings. The van der Waals surface area contributed by atoms with Crippen molar-refractivity contribution < 1.29 is 9.53 Å². The van der Waals surface area contributed by atoms with Crippen LogP contribution in [0.15, 0.2) is 18.2 Å². The van der Waals surface area contributed by atoms with Gasteiger partial charge in [-0.1, -0.05) is 0 Å². The molecule has 1 aromatic carbocycles. The van der Waals surface area contributed by atoms with Gasteiger partial charge in [-0.3, -0.25) is 4.79 Å². The maximum atomic E-state index is 11.7. The van der Waals surface area contributed by atoms with Gasteiger partial charge in [-0.15, -0.1) is 0 Å². The standard InChI is InChI=1S/C13H14N4O2/c1-19-5-4-12(16)13(18)17-11-3-2-9(7-14)10(6-11)8-15/h2-3,6,12H,4-5,16H2,1H3,(H,17,18). The van der Waals surface area contributed by atoms with Crippen LogP contribution in [0.4, 0.5) is 5.69 Å². The molecule has 0 saturated heterocycles. The Hall–Kier alpha value is -2.41. The van der Waals surface area contributed by atoms with Crippen LogP contribution in [0, 0.1) is 22.7 Å². The molecule has 0 heterocycles. The predicted octanol–water partition coefficient (Wildman–Crippen LogP) is 0.732. The number of amides is 1. The van der Waals surface area contributed by atoms with Crippen LogP contribution in [0.2, 0.25) is 0 Å².